The van der Waals surface area contributed by atoms with Crippen molar-refractivity contribution in [2.45, 2.75) is 39.5 Å². The van der Waals surface area contributed by atoms with Crippen LogP contribution in [0.1, 0.15) is 48.6 Å². The number of halogens is 1. The predicted molar refractivity (Wildman–Crippen MR) is 157 cm³/mol. The van der Waals surface area contributed by atoms with Crippen molar-refractivity contribution in [1.82, 2.24) is 14.8 Å². The van der Waals surface area contributed by atoms with Gasteiger partial charge in [-0.2, -0.15) is 0 Å². The summed E-state index contributed by atoms with van der Waals surface area (Å²) in [6.45, 7) is 15.6. The van der Waals surface area contributed by atoms with Gasteiger partial charge in [0.05, 0.1) is 17.9 Å². The molecule has 0 atom stereocenters. The van der Waals surface area contributed by atoms with E-state index in [1.807, 2.05) is 25.3 Å². The van der Waals surface area contributed by atoms with Crippen molar-refractivity contribution >= 4 is 34.4 Å². The van der Waals surface area contributed by atoms with Crippen LogP contribution in [0.2, 0.25) is 0 Å². The number of benzene rings is 1. The summed E-state index contributed by atoms with van der Waals surface area (Å²) in [4.78, 5) is 14.6. The van der Waals surface area contributed by atoms with E-state index in [0.717, 1.165) is 84.4 Å². The third kappa shape index (κ3) is 5.14. The Morgan fingerprint density at radius 3 is 2.62 bits per heavy atom. The van der Waals surface area contributed by atoms with Gasteiger partial charge < -0.3 is 4.90 Å². The first-order valence-electron chi connectivity index (χ1n) is 13.0. The van der Waals surface area contributed by atoms with Gasteiger partial charge in [-0.1, -0.05) is 60.7 Å². The van der Waals surface area contributed by atoms with Gasteiger partial charge in [0.15, 0.2) is 0 Å². The summed E-state index contributed by atoms with van der Waals surface area (Å²) in [5.74, 6) is 1.06. The molecule has 3 heterocycles. The van der Waals surface area contributed by atoms with E-state index in [0.29, 0.717) is 0 Å². The lowest BCUT2D eigenvalue weighted by atomic mass is 9.87. The highest BCUT2D eigenvalue weighted by Gasteiger charge is 2.28. The number of piperidine rings is 1. The van der Waals surface area contributed by atoms with E-state index in [2.05, 4.69) is 67.3 Å². The fraction of sp³-hybridized carbons (Fsp3) is 0.312. The molecular formula is C32H35ClN4. The average molecular weight is 511 g/mol. The first-order valence-corrected chi connectivity index (χ1v) is 13.4. The Kier molecular flexibility index (Phi) is 7.32. The van der Waals surface area contributed by atoms with E-state index < -0.39 is 0 Å². The van der Waals surface area contributed by atoms with E-state index in [1.165, 1.54) is 27.8 Å². The molecule has 1 saturated heterocycles. The smallest absolute Gasteiger partial charge is 0.123 e. The summed E-state index contributed by atoms with van der Waals surface area (Å²) in [7, 11) is 2.08. The number of rotatable bonds is 3. The lowest BCUT2D eigenvalue weighted by Gasteiger charge is -2.35. The number of likely N-dealkylation sites (N-methyl/N-ethyl adjacent to an activating group) is 1. The molecule has 2 aromatic rings. The van der Waals surface area contributed by atoms with Crippen LogP contribution in [0.25, 0.3) is 11.3 Å². The molecule has 1 aromatic carbocycles. The van der Waals surface area contributed by atoms with Gasteiger partial charge in [0, 0.05) is 48.2 Å². The largest absolute Gasteiger partial charge is 0.332 e. The maximum Gasteiger partial charge on any atom is 0.123 e. The lowest BCUT2D eigenvalue weighted by Crippen LogP contribution is -2.41. The van der Waals surface area contributed by atoms with E-state index in [1.54, 1.807) is 0 Å². The summed E-state index contributed by atoms with van der Waals surface area (Å²) in [5, 5.41) is 0.765. The second-order valence-corrected chi connectivity index (χ2v) is 10.8. The molecule has 3 aliphatic rings. The number of hydrogen-bond donors (Lipinski definition) is 0. The minimum Gasteiger partial charge on any atom is -0.332 e. The lowest BCUT2D eigenvalue weighted by molar-refractivity contribution is 0.285. The number of aliphatic imine (C=N–C) groups is 1. The van der Waals surface area contributed by atoms with Crippen LogP contribution in [0, 0.1) is 6.92 Å². The van der Waals surface area contributed by atoms with Crippen LogP contribution in [0.5, 0.6) is 0 Å². The summed E-state index contributed by atoms with van der Waals surface area (Å²) >= 11 is 6.22. The van der Waals surface area contributed by atoms with E-state index in [9.17, 15) is 0 Å². The second kappa shape index (κ2) is 10.6. The van der Waals surface area contributed by atoms with Gasteiger partial charge in [-0.15, -0.1) is 0 Å². The Labute approximate surface area is 226 Å². The molecule has 1 aliphatic carbocycles. The van der Waals surface area contributed by atoms with Gasteiger partial charge in [-0.3, -0.25) is 9.88 Å². The fourth-order valence-corrected chi connectivity index (χ4v) is 5.56. The number of likely N-dealkylation sites (tertiary alicyclic amines) is 1. The number of hydrogen-bond acceptors (Lipinski definition) is 4. The number of para-hydroxylation sites is 1. The topological polar surface area (TPSA) is 31.7 Å². The minimum absolute atomic E-state index is 0.765. The highest BCUT2D eigenvalue weighted by Crippen LogP contribution is 2.40. The molecule has 4 nitrogen and oxygen atoms in total. The fourth-order valence-electron chi connectivity index (χ4n) is 5.50. The molecule has 0 spiro atoms. The van der Waals surface area contributed by atoms with Crippen molar-refractivity contribution in [1.29, 1.82) is 0 Å². The van der Waals surface area contributed by atoms with Crippen LogP contribution in [-0.4, -0.2) is 47.3 Å². The number of amidine groups is 1. The Morgan fingerprint density at radius 2 is 1.86 bits per heavy atom. The Bertz CT molecular complexity index is 1380. The first-order chi connectivity index (χ1) is 17.8. The first kappa shape index (κ1) is 25.4. The quantitative estimate of drug-likeness (QED) is 0.402. The van der Waals surface area contributed by atoms with Crippen molar-refractivity contribution in [3.05, 3.63) is 106 Å². The average Bonchev–Trinajstić information content (AvgIpc) is 3.03. The molecule has 5 rings (SSSR count). The van der Waals surface area contributed by atoms with Crippen molar-refractivity contribution in [3.63, 3.8) is 0 Å². The zero-order valence-electron chi connectivity index (χ0n) is 22.1. The summed E-state index contributed by atoms with van der Waals surface area (Å²) in [5.41, 5.74) is 11.8. The van der Waals surface area contributed by atoms with Crippen LogP contribution in [-0.2, 0) is 6.42 Å². The Balaban J connectivity index is 1.44. The van der Waals surface area contributed by atoms with Crippen LogP contribution in [0.15, 0.2) is 88.6 Å². The molecule has 0 saturated carbocycles. The molecule has 0 bridgehead atoms. The molecule has 1 aromatic heterocycles. The number of fused-ring (bicyclic) bond motifs is 2. The van der Waals surface area contributed by atoms with Crippen molar-refractivity contribution in [2.75, 3.05) is 26.7 Å². The van der Waals surface area contributed by atoms with Gasteiger partial charge in [0.2, 0.25) is 0 Å². The van der Waals surface area contributed by atoms with Crippen LogP contribution < -0.4 is 0 Å². The number of allylic oxidation sites excluding steroid dienone is 6. The number of aromatic nitrogens is 1. The third-order valence-electron chi connectivity index (χ3n) is 7.71. The SMILES string of the molecule is C=C1CCc2cccnc2C(=C2CCN(CC3=Nc4c(C)cccc4C(=C)N3C)CC2)/C1=C/C=C(\C)Cl. The molecule has 5 heteroatoms. The summed E-state index contributed by atoms with van der Waals surface area (Å²) < 4.78 is 0. The second-order valence-electron chi connectivity index (χ2n) is 10.2. The van der Waals surface area contributed by atoms with E-state index in [4.69, 9.17) is 21.6 Å². The molecular weight excluding hydrogens is 476 g/mol. The van der Waals surface area contributed by atoms with Crippen molar-refractivity contribution < 1.29 is 0 Å². The zero-order chi connectivity index (χ0) is 26.1. The van der Waals surface area contributed by atoms with Crippen molar-refractivity contribution in [2.24, 2.45) is 4.99 Å². The molecule has 37 heavy (non-hydrogen) atoms. The minimum atomic E-state index is 0.765. The van der Waals surface area contributed by atoms with Crippen LogP contribution in [0.3, 0.4) is 0 Å². The van der Waals surface area contributed by atoms with Gasteiger partial charge in [-0.05, 0) is 73.9 Å². The maximum absolute atomic E-state index is 6.22. The number of nitrogens with zero attached hydrogens (tertiary/aromatic N) is 4. The third-order valence-corrected chi connectivity index (χ3v) is 7.84. The van der Waals surface area contributed by atoms with Gasteiger partial charge in [-0.25, -0.2) is 4.99 Å². The van der Waals surface area contributed by atoms with Crippen LogP contribution >= 0.6 is 11.6 Å². The molecule has 2 aliphatic heterocycles. The normalized spacial score (nSPS) is 20.1. The standard InChI is InChI=1S/C32H35ClN4/c1-21-11-13-26-9-7-17-34-32(26)30(27(21)14-12-23(3)33)25-15-18-37(19-16-25)20-29-35-31-22(2)8-6-10-28(31)24(4)36(29)5/h6-10,12,14,17H,1,4,11,13,15-16,18-20H2,2-3,5H3/b23-12+,27-14+. The molecule has 0 amide bonds. The highest BCUT2D eigenvalue weighted by atomic mass is 35.5. The predicted octanol–water partition coefficient (Wildman–Crippen LogP) is 7.46. The summed E-state index contributed by atoms with van der Waals surface area (Å²) in [6.07, 6.45) is 9.91. The van der Waals surface area contributed by atoms with E-state index in [-0.39, 0.29) is 0 Å². The monoisotopic (exact) mass is 510 g/mol. The van der Waals surface area contributed by atoms with E-state index >= 15 is 0 Å². The Morgan fingerprint density at radius 1 is 1.08 bits per heavy atom. The summed E-state index contributed by atoms with van der Waals surface area (Å²) in [6, 6.07) is 10.6. The van der Waals surface area contributed by atoms with Gasteiger partial charge in [0.25, 0.3) is 0 Å². The zero-order valence-corrected chi connectivity index (χ0v) is 22.9. The molecule has 1 fully saturated rings. The number of aryl methyl sites for hydroxylation is 2. The van der Waals surface area contributed by atoms with Gasteiger partial charge in [0.1, 0.15) is 5.84 Å². The molecule has 190 valence electrons. The van der Waals surface area contributed by atoms with Gasteiger partial charge >= 0.3 is 0 Å². The van der Waals surface area contributed by atoms with Crippen molar-refractivity contribution in [3.8, 4) is 0 Å². The number of pyridine rings is 1. The highest BCUT2D eigenvalue weighted by molar-refractivity contribution is 6.29. The Hall–Kier alpha value is -3.21. The maximum atomic E-state index is 6.22. The van der Waals surface area contributed by atoms with Crippen LogP contribution in [0.4, 0.5) is 5.69 Å². The molecule has 0 N–H and O–H groups in total. The molecule has 0 radical (unpaired) electrons. The molecule has 0 unspecified atom stereocenters.